The first-order valence-corrected chi connectivity index (χ1v) is 18.7. The molecule has 2 N–H and O–H groups in total. The summed E-state index contributed by atoms with van der Waals surface area (Å²) < 4.78 is 10.5. The van der Waals surface area contributed by atoms with Gasteiger partial charge in [-0.1, -0.05) is 153 Å². The normalized spacial score (nSPS) is 13.5. The van der Waals surface area contributed by atoms with Crippen molar-refractivity contribution in [2.75, 3.05) is 13.2 Å². The Hall–Kier alpha value is -2.18. The van der Waals surface area contributed by atoms with Gasteiger partial charge >= 0.3 is 11.9 Å². The minimum absolute atomic E-state index is 0.126. The van der Waals surface area contributed by atoms with Crippen molar-refractivity contribution in [2.24, 2.45) is 5.92 Å². The SMILES string of the molecule is CCCCC/C=C\C/C=C\C/C=C\C=C\[C@H](O)CCCC(=O)O[C@@H](CO)COC(=O)CCCCCCCCCCCCCC(C)C. The Kier molecular flexibility index (Phi) is 32.5. The van der Waals surface area contributed by atoms with Gasteiger partial charge in [0.05, 0.1) is 12.7 Å². The van der Waals surface area contributed by atoms with Crippen molar-refractivity contribution < 1.29 is 29.3 Å². The summed E-state index contributed by atoms with van der Waals surface area (Å²) >= 11 is 0. The summed E-state index contributed by atoms with van der Waals surface area (Å²) in [6.45, 7) is 6.26. The lowest BCUT2D eigenvalue weighted by atomic mass is 10.0. The van der Waals surface area contributed by atoms with E-state index in [0.29, 0.717) is 19.3 Å². The highest BCUT2D eigenvalue weighted by Crippen LogP contribution is 2.14. The summed E-state index contributed by atoms with van der Waals surface area (Å²) in [6.07, 6.45) is 37.7. The van der Waals surface area contributed by atoms with Crippen LogP contribution in [-0.2, 0) is 19.1 Å². The number of hydrogen-bond acceptors (Lipinski definition) is 6. The molecule has 0 bridgehead atoms. The van der Waals surface area contributed by atoms with Crippen molar-refractivity contribution in [1.29, 1.82) is 0 Å². The Labute approximate surface area is 282 Å². The largest absolute Gasteiger partial charge is 0.462 e. The Morgan fingerprint density at radius 2 is 1.24 bits per heavy atom. The predicted molar refractivity (Wildman–Crippen MR) is 193 cm³/mol. The molecule has 266 valence electrons. The molecule has 2 atom stereocenters. The lowest BCUT2D eigenvalue weighted by molar-refractivity contribution is -0.161. The van der Waals surface area contributed by atoms with Gasteiger partial charge in [0.15, 0.2) is 6.10 Å². The van der Waals surface area contributed by atoms with E-state index in [2.05, 4.69) is 45.1 Å². The smallest absolute Gasteiger partial charge is 0.306 e. The molecular formula is C40H70O6. The third-order valence-corrected chi connectivity index (χ3v) is 7.91. The molecule has 0 radical (unpaired) electrons. The van der Waals surface area contributed by atoms with Crippen molar-refractivity contribution in [3.63, 3.8) is 0 Å². The van der Waals surface area contributed by atoms with Crippen LogP contribution in [0.15, 0.2) is 48.6 Å². The number of carbonyl (C=O) groups excluding carboxylic acids is 2. The van der Waals surface area contributed by atoms with E-state index in [0.717, 1.165) is 44.4 Å². The summed E-state index contributed by atoms with van der Waals surface area (Å²) in [5.41, 5.74) is 0. The molecule has 0 aliphatic carbocycles. The number of esters is 2. The predicted octanol–water partition coefficient (Wildman–Crippen LogP) is 10.3. The van der Waals surface area contributed by atoms with Gasteiger partial charge in [-0.05, 0) is 50.9 Å². The van der Waals surface area contributed by atoms with E-state index in [-0.39, 0.29) is 19.0 Å². The van der Waals surface area contributed by atoms with Crippen LogP contribution in [0.5, 0.6) is 0 Å². The molecule has 0 heterocycles. The number of aliphatic hydroxyl groups is 2. The van der Waals surface area contributed by atoms with Crippen LogP contribution in [0.25, 0.3) is 0 Å². The highest BCUT2D eigenvalue weighted by molar-refractivity contribution is 5.70. The highest BCUT2D eigenvalue weighted by atomic mass is 16.6. The third kappa shape index (κ3) is 33.2. The van der Waals surface area contributed by atoms with Crippen LogP contribution in [-0.4, -0.2) is 47.6 Å². The summed E-state index contributed by atoms with van der Waals surface area (Å²) in [4.78, 5) is 24.2. The minimum atomic E-state index is -0.863. The van der Waals surface area contributed by atoms with E-state index in [1.165, 1.54) is 77.0 Å². The second kappa shape index (κ2) is 34.2. The lowest BCUT2D eigenvalue weighted by Crippen LogP contribution is -2.28. The zero-order valence-electron chi connectivity index (χ0n) is 29.8. The zero-order valence-corrected chi connectivity index (χ0v) is 29.8. The topological polar surface area (TPSA) is 93.1 Å². The number of hydrogen-bond donors (Lipinski definition) is 2. The molecule has 0 fully saturated rings. The fourth-order valence-corrected chi connectivity index (χ4v) is 5.02. The van der Waals surface area contributed by atoms with Crippen molar-refractivity contribution >= 4 is 11.9 Å². The van der Waals surface area contributed by atoms with Gasteiger partial charge in [0.25, 0.3) is 0 Å². The van der Waals surface area contributed by atoms with Gasteiger partial charge in [0.1, 0.15) is 6.61 Å². The molecular weight excluding hydrogens is 576 g/mol. The van der Waals surface area contributed by atoms with Gasteiger partial charge in [-0.25, -0.2) is 0 Å². The maximum Gasteiger partial charge on any atom is 0.306 e. The molecule has 6 heteroatoms. The molecule has 0 aliphatic rings. The van der Waals surface area contributed by atoms with Gasteiger partial charge < -0.3 is 19.7 Å². The van der Waals surface area contributed by atoms with E-state index in [1.807, 2.05) is 18.2 Å². The number of allylic oxidation sites excluding steroid dienone is 7. The van der Waals surface area contributed by atoms with Gasteiger partial charge in [-0.3, -0.25) is 9.59 Å². The van der Waals surface area contributed by atoms with E-state index in [4.69, 9.17) is 9.47 Å². The van der Waals surface area contributed by atoms with Crippen LogP contribution in [0, 0.1) is 5.92 Å². The fraction of sp³-hybridized carbons (Fsp3) is 0.750. The molecule has 6 nitrogen and oxygen atoms in total. The van der Waals surface area contributed by atoms with Crippen LogP contribution >= 0.6 is 0 Å². The number of rotatable bonds is 32. The quantitative estimate of drug-likeness (QED) is 0.0327. The average molecular weight is 647 g/mol. The second-order valence-electron chi connectivity index (χ2n) is 13.0. The first-order valence-electron chi connectivity index (χ1n) is 18.7. The molecule has 0 saturated heterocycles. The van der Waals surface area contributed by atoms with Crippen LogP contribution < -0.4 is 0 Å². The van der Waals surface area contributed by atoms with Crippen molar-refractivity contribution in [2.45, 2.75) is 174 Å². The standard InChI is InChI=1S/C40H70O6/c1-4-5-6-7-8-9-10-11-14-17-20-23-26-30-37(42)31-28-33-40(44)46-38(34-41)35-45-39(43)32-27-24-21-18-15-12-13-16-19-22-25-29-36(2)3/h8-9,11,14,20,23,26,30,36-38,41-42H,4-7,10,12-13,15-19,21-22,24-25,27-29,31-35H2,1-3H3/b9-8-,14-11-,23-20-,30-26+/t37-,38-/m0/s1. The minimum Gasteiger partial charge on any atom is -0.462 e. The highest BCUT2D eigenvalue weighted by Gasteiger charge is 2.16. The second-order valence-corrected chi connectivity index (χ2v) is 13.0. The average Bonchev–Trinajstić information content (AvgIpc) is 3.03. The monoisotopic (exact) mass is 647 g/mol. The van der Waals surface area contributed by atoms with E-state index in [1.54, 1.807) is 6.08 Å². The third-order valence-electron chi connectivity index (χ3n) is 7.91. The molecule has 0 saturated carbocycles. The Balaban J connectivity index is 3.79. The van der Waals surface area contributed by atoms with Gasteiger partial charge in [-0.2, -0.15) is 0 Å². The van der Waals surface area contributed by atoms with Crippen molar-refractivity contribution in [3.8, 4) is 0 Å². The van der Waals surface area contributed by atoms with Crippen LogP contribution in [0.1, 0.15) is 162 Å². The summed E-state index contributed by atoms with van der Waals surface area (Å²) in [5, 5.41) is 19.6. The Morgan fingerprint density at radius 1 is 0.652 bits per heavy atom. The number of ether oxygens (including phenoxy) is 2. The maximum absolute atomic E-state index is 12.1. The summed E-state index contributed by atoms with van der Waals surface area (Å²) in [5.74, 6) is 0.0290. The first kappa shape index (κ1) is 43.8. The van der Waals surface area contributed by atoms with E-state index >= 15 is 0 Å². The van der Waals surface area contributed by atoms with Crippen molar-refractivity contribution in [1.82, 2.24) is 0 Å². The van der Waals surface area contributed by atoms with E-state index in [9.17, 15) is 19.8 Å². The van der Waals surface area contributed by atoms with Gasteiger partial charge in [0.2, 0.25) is 0 Å². The van der Waals surface area contributed by atoms with E-state index < -0.39 is 24.8 Å². The van der Waals surface area contributed by atoms with Gasteiger partial charge in [0, 0.05) is 12.8 Å². The first-order chi connectivity index (χ1) is 22.4. The van der Waals surface area contributed by atoms with Crippen LogP contribution in [0.3, 0.4) is 0 Å². The summed E-state index contributed by atoms with van der Waals surface area (Å²) in [6, 6.07) is 0. The fourth-order valence-electron chi connectivity index (χ4n) is 5.02. The zero-order chi connectivity index (χ0) is 33.9. The molecule has 0 spiro atoms. The molecule has 0 amide bonds. The van der Waals surface area contributed by atoms with Crippen LogP contribution in [0.2, 0.25) is 0 Å². The molecule has 0 aliphatic heterocycles. The molecule has 0 rings (SSSR count). The molecule has 0 aromatic rings. The molecule has 0 aromatic carbocycles. The molecule has 0 aromatic heterocycles. The number of aliphatic hydroxyl groups excluding tert-OH is 2. The van der Waals surface area contributed by atoms with Crippen LogP contribution in [0.4, 0.5) is 0 Å². The maximum atomic E-state index is 12.1. The summed E-state index contributed by atoms with van der Waals surface area (Å²) in [7, 11) is 0. The lowest BCUT2D eigenvalue weighted by Gasteiger charge is -2.16. The number of carbonyl (C=O) groups is 2. The molecule has 0 unspecified atom stereocenters. The number of unbranched alkanes of at least 4 members (excludes halogenated alkanes) is 13. The van der Waals surface area contributed by atoms with Gasteiger partial charge in [-0.15, -0.1) is 0 Å². The van der Waals surface area contributed by atoms with Crippen molar-refractivity contribution in [3.05, 3.63) is 48.6 Å². The molecule has 46 heavy (non-hydrogen) atoms. The Bertz CT molecular complexity index is 813. The Morgan fingerprint density at radius 3 is 1.87 bits per heavy atom.